The molecule has 21 heavy (non-hydrogen) atoms. The second-order valence-electron chi connectivity index (χ2n) is 4.23. The Kier molecular flexibility index (Phi) is 3.46. The van der Waals surface area contributed by atoms with Gasteiger partial charge >= 0.3 is 5.69 Å². The molecule has 1 aliphatic rings. The Bertz CT molecular complexity index is 766. The fourth-order valence-corrected chi connectivity index (χ4v) is 1.93. The van der Waals surface area contributed by atoms with E-state index < -0.39 is 48.5 Å². The average Bonchev–Trinajstić information content (AvgIpc) is 2.70. The normalized spacial score (nSPS) is 33.8. The Balaban J connectivity index is 2.59. The van der Waals surface area contributed by atoms with E-state index in [9.17, 15) is 24.2 Å². The Labute approximate surface area is 120 Å². The summed E-state index contributed by atoms with van der Waals surface area (Å²) in [5.41, 5.74) is 1.85. The van der Waals surface area contributed by atoms with E-state index in [2.05, 4.69) is 11.0 Å². The lowest BCUT2D eigenvalue weighted by Gasteiger charge is -2.26. The molecule has 1 fully saturated rings. The molecule has 1 unspecified atom stereocenters. The lowest BCUT2D eigenvalue weighted by molar-refractivity contribution is -0.0530. The van der Waals surface area contributed by atoms with Crippen molar-refractivity contribution in [3.63, 3.8) is 0 Å². The summed E-state index contributed by atoms with van der Waals surface area (Å²) < 4.78 is 32.5. The largest absolute Gasteiger partial charge is 0.394 e. The molecule has 0 saturated carbocycles. The van der Waals surface area contributed by atoms with Crippen LogP contribution in [0, 0.1) is 11.8 Å². The number of aromatic amines is 1. The van der Waals surface area contributed by atoms with Gasteiger partial charge in [-0.2, -0.15) is 9.78 Å². The van der Waals surface area contributed by atoms with Gasteiger partial charge in [0.05, 0.1) is 9.30 Å². The van der Waals surface area contributed by atoms with Crippen molar-refractivity contribution < 1.29 is 22.1 Å². The number of ether oxygens (including phenoxy) is 1. The molecule has 0 aliphatic carbocycles. The van der Waals surface area contributed by atoms with Crippen LogP contribution in [0.15, 0.2) is 15.8 Å². The van der Waals surface area contributed by atoms with Gasteiger partial charge in [-0.25, -0.2) is 9.18 Å². The molecule has 0 amide bonds. The smallest absolute Gasteiger partial charge is 0.347 e. The zero-order valence-corrected chi connectivity index (χ0v) is 10.5. The summed E-state index contributed by atoms with van der Waals surface area (Å²) in [6, 6.07) is 0. The van der Waals surface area contributed by atoms with Crippen molar-refractivity contribution in [3.8, 4) is 11.8 Å². The fourth-order valence-electron chi connectivity index (χ4n) is 1.93. The predicted octanol–water partition coefficient (Wildman–Crippen LogP) is -3.15. The summed E-state index contributed by atoms with van der Waals surface area (Å²) in [5, 5.41) is 23.1. The Morgan fingerprint density at radius 1 is 1.71 bits per heavy atom. The summed E-state index contributed by atoms with van der Waals surface area (Å²) in [6.45, 7) is -4.15. The number of hydrogen-bond donors (Lipinski definition) is 4. The first kappa shape index (κ1) is 12.7. The molecule has 4 atom stereocenters. The van der Waals surface area contributed by atoms with Crippen molar-refractivity contribution >= 4 is 0 Å². The summed E-state index contributed by atoms with van der Waals surface area (Å²) in [7, 11) is 0. The van der Waals surface area contributed by atoms with Crippen LogP contribution in [-0.4, -0.2) is 56.0 Å². The maximum Gasteiger partial charge on any atom is 0.347 e. The van der Waals surface area contributed by atoms with Crippen molar-refractivity contribution in [3.05, 3.63) is 27.0 Å². The molecule has 9 nitrogen and oxygen atoms in total. The molecule has 114 valence electrons. The predicted molar refractivity (Wildman–Crippen MR) is 66.8 cm³/mol. The molecule has 0 aromatic carbocycles. The molecule has 1 aromatic heterocycles. The van der Waals surface area contributed by atoms with Crippen LogP contribution in [0.2, 0.25) is 0 Å². The minimum Gasteiger partial charge on any atom is -0.394 e. The molecule has 0 bridgehead atoms. The van der Waals surface area contributed by atoms with Crippen LogP contribution in [0.25, 0.3) is 0 Å². The Hall–Kier alpha value is -2.06. The van der Waals surface area contributed by atoms with Gasteiger partial charge in [-0.3, -0.25) is 9.78 Å². The summed E-state index contributed by atoms with van der Waals surface area (Å²) >= 11 is 0. The number of hydrogen-bond acceptors (Lipinski definition) is 7. The summed E-state index contributed by atoms with van der Waals surface area (Å²) in [4.78, 5) is 24.7. The van der Waals surface area contributed by atoms with Crippen LogP contribution < -0.4 is 17.0 Å². The molecule has 0 spiro atoms. The number of rotatable bonds is 2. The third-order valence-electron chi connectivity index (χ3n) is 2.92. The number of aromatic nitrogens is 3. The van der Waals surface area contributed by atoms with Crippen LogP contribution in [-0.2, 0) is 4.74 Å². The van der Waals surface area contributed by atoms with Gasteiger partial charge < -0.3 is 20.7 Å². The highest BCUT2D eigenvalue weighted by molar-refractivity contribution is 5.25. The maximum atomic E-state index is 12.3. The van der Waals surface area contributed by atoms with Crippen molar-refractivity contribution in [1.82, 2.24) is 14.8 Å². The van der Waals surface area contributed by atoms with Crippen LogP contribution in [0.3, 0.4) is 0 Å². The molecule has 5 N–H and O–H groups in total. The highest BCUT2D eigenvalue weighted by Gasteiger charge is 2.54. The highest BCUT2D eigenvalue weighted by atomic mass is 19.1. The highest BCUT2D eigenvalue weighted by Crippen LogP contribution is 2.34. The second-order valence-corrected chi connectivity index (χ2v) is 4.23. The zero-order valence-electron chi connectivity index (χ0n) is 12.5. The third-order valence-corrected chi connectivity index (χ3v) is 2.92. The SMILES string of the molecule is [2H]C([2H])(O)[C@H]1O[C@@H](n2ncc(=O)[nH]c2=O)C(N)(C#CCF)[C@H]1O. The first-order valence-corrected chi connectivity index (χ1v) is 5.70. The number of aliphatic hydroxyl groups is 2. The Morgan fingerprint density at radius 3 is 3.00 bits per heavy atom. The van der Waals surface area contributed by atoms with Crippen LogP contribution >= 0.6 is 0 Å². The molecule has 1 aliphatic heterocycles. The second kappa shape index (κ2) is 5.74. The monoisotopic (exact) mass is 302 g/mol. The first-order chi connectivity index (χ1) is 10.6. The number of aliphatic hydroxyl groups excluding tert-OH is 1. The van der Waals surface area contributed by atoms with E-state index in [1.165, 1.54) is 0 Å². The van der Waals surface area contributed by atoms with E-state index in [1.807, 2.05) is 10.9 Å². The van der Waals surface area contributed by atoms with Crippen LogP contribution in [0.1, 0.15) is 8.97 Å². The van der Waals surface area contributed by atoms with E-state index in [0.717, 1.165) is 6.20 Å². The van der Waals surface area contributed by atoms with Gasteiger partial charge in [-0.1, -0.05) is 11.8 Å². The van der Waals surface area contributed by atoms with Gasteiger partial charge in [0.2, 0.25) is 0 Å². The van der Waals surface area contributed by atoms with Crippen molar-refractivity contribution in [2.45, 2.75) is 24.0 Å². The number of nitrogens with two attached hydrogens (primary N) is 1. The minimum absolute atomic E-state index is 0.517. The zero-order chi connectivity index (χ0) is 17.4. The fraction of sp³-hybridized carbons (Fsp3) is 0.545. The van der Waals surface area contributed by atoms with E-state index in [-0.39, 0.29) is 0 Å². The molecular formula is C11H13FN4O5. The minimum atomic E-state index is -3.03. The number of nitrogens with zero attached hydrogens (tertiary/aromatic N) is 2. The van der Waals surface area contributed by atoms with Gasteiger partial charge in [0.25, 0.3) is 5.56 Å². The molecule has 1 saturated heterocycles. The van der Waals surface area contributed by atoms with Crippen LogP contribution in [0.5, 0.6) is 0 Å². The number of H-pyrrole nitrogens is 1. The average molecular weight is 302 g/mol. The van der Waals surface area contributed by atoms with E-state index >= 15 is 0 Å². The summed E-state index contributed by atoms with van der Waals surface area (Å²) in [6.07, 6.45) is -4.74. The van der Waals surface area contributed by atoms with Gasteiger partial charge in [-0.15, -0.1) is 0 Å². The quantitative estimate of drug-likeness (QED) is 0.422. The van der Waals surface area contributed by atoms with Gasteiger partial charge in [0, 0.05) is 0 Å². The molecule has 2 rings (SSSR count). The molecule has 1 aromatic rings. The number of alkyl halides is 1. The first-order valence-electron chi connectivity index (χ1n) is 6.70. The molecule has 2 heterocycles. The molecule has 10 heteroatoms. The van der Waals surface area contributed by atoms with E-state index in [0.29, 0.717) is 4.68 Å². The van der Waals surface area contributed by atoms with E-state index in [4.69, 9.17) is 13.2 Å². The maximum absolute atomic E-state index is 12.3. The van der Waals surface area contributed by atoms with Gasteiger partial charge in [0.15, 0.2) is 11.8 Å². The lowest BCUT2D eigenvalue weighted by Crippen LogP contribution is -2.55. The standard InChI is InChI=1S/C11H13FN4O5/c12-3-1-2-11(13)8(19)6(5-17)21-9(11)16-10(20)15-7(18)4-14-16/h4,6,8-9,17,19H,3,5,13H2,(H,15,18,20)/t6-,8+,9-,11?/m1/s1/i5D2. The van der Waals surface area contributed by atoms with Crippen LogP contribution in [0.4, 0.5) is 4.39 Å². The van der Waals surface area contributed by atoms with Crippen molar-refractivity contribution in [2.24, 2.45) is 5.73 Å². The van der Waals surface area contributed by atoms with E-state index in [1.54, 1.807) is 0 Å². The number of halogens is 1. The van der Waals surface area contributed by atoms with Gasteiger partial charge in [-0.05, 0) is 0 Å². The Morgan fingerprint density at radius 2 is 2.43 bits per heavy atom. The summed E-state index contributed by atoms with van der Waals surface area (Å²) in [5.74, 6) is 4.12. The third kappa shape index (κ3) is 2.59. The van der Waals surface area contributed by atoms with Crippen molar-refractivity contribution in [2.75, 3.05) is 13.2 Å². The lowest BCUT2D eigenvalue weighted by atomic mass is 9.92. The van der Waals surface area contributed by atoms with Crippen molar-refractivity contribution in [1.29, 1.82) is 0 Å². The van der Waals surface area contributed by atoms with Gasteiger partial charge in [0.1, 0.15) is 25.1 Å². The molecule has 0 radical (unpaired) electrons. The number of nitrogens with one attached hydrogen (secondary N) is 1. The topological polar surface area (TPSA) is 143 Å². The molecular weight excluding hydrogens is 287 g/mol.